The Morgan fingerprint density at radius 3 is 2.73 bits per heavy atom. The van der Waals surface area contributed by atoms with E-state index in [-0.39, 0.29) is 5.92 Å². The summed E-state index contributed by atoms with van der Waals surface area (Å²) in [6, 6.07) is 1.78. The van der Waals surface area contributed by atoms with Crippen molar-refractivity contribution in [3.8, 4) is 0 Å². The fraction of sp³-hybridized carbons (Fsp3) is 0.545. The molecule has 0 bridgehead atoms. The first-order valence-electron chi connectivity index (χ1n) is 5.17. The molecule has 4 nitrogen and oxygen atoms in total. The molecule has 0 spiro atoms. The van der Waals surface area contributed by atoms with E-state index in [0.717, 1.165) is 18.4 Å². The topological polar surface area (TPSA) is 79.4 Å². The molecule has 4 N–H and O–H groups in total. The first-order chi connectivity index (χ1) is 7.09. The van der Waals surface area contributed by atoms with Crippen LogP contribution in [0.1, 0.15) is 30.1 Å². The lowest BCUT2D eigenvalue weighted by atomic mass is 10.0. The summed E-state index contributed by atoms with van der Waals surface area (Å²) < 4.78 is 0. The predicted molar refractivity (Wildman–Crippen MR) is 57.1 cm³/mol. The normalized spacial score (nSPS) is 19.9. The molecule has 2 unspecified atom stereocenters. The second-order valence-corrected chi connectivity index (χ2v) is 4.26. The van der Waals surface area contributed by atoms with Crippen molar-refractivity contribution < 1.29 is 10.2 Å². The molecule has 1 heterocycles. The average molecular weight is 208 g/mol. The number of hydrogen-bond donors (Lipinski definition) is 3. The minimum Gasteiger partial charge on any atom is -0.390 e. The Morgan fingerprint density at radius 1 is 1.47 bits per heavy atom. The van der Waals surface area contributed by atoms with E-state index in [4.69, 9.17) is 5.73 Å². The Kier molecular flexibility index (Phi) is 2.63. The number of aliphatic hydroxyl groups excluding tert-OH is 2. The molecule has 1 aromatic heterocycles. The number of pyridine rings is 1. The molecule has 0 aliphatic heterocycles. The van der Waals surface area contributed by atoms with Crippen LogP contribution in [0.5, 0.6) is 0 Å². The van der Waals surface area contributed by atoms with E-state index in [0.29, 0.717) is 11.4 Å². The Balaban J connectivity index is 2.23. The largest absolute Gasteiger partial charge is 0.390 e. The smallest absolute Gasteiger partial charge is 0.129 e. The van der Waals surface area contributed by atoms with Gasteiger partial charge in [-0.3, -0.25) is 0 Å². The molecule has 0 saturated heterocycles. The first kappa shape index (κ1) is 10.4. The highest BCUT2D eigenvalue weighted by Gasteiger charge is 2.35. The minimum absolute atomic E-state index is 0.222. The summed E-state index contributed by atoms with van der Waals surface area (Å²) in [6.07, 6.45) is 1.99. The van der Waals surface area contributed by atoms with E-state index in [1.54, 1.807) is 12.3 Å². The average Bonchev–Trinajstić information content (AvgIpc) is 3.03. The molecule has 0 aromatic carbocycles. The molecule has 1 aromatic rings. The summed E-state index contributed by atoms with van der Waals surface area (Å²) in [7, 11) is 0. The maximum absolute atomic E-state index is 9.93. The van der Waals surface area contributed by atoms with Crippen molar-refractivity contribution in [2.75, 3.05) is 5.73 Å². The van der Waals surface area contributed by atoms with Crippen molar-refractivity contribution in [2.24, 2.45) is 5.92 Å². The van der Waals surface area contributed by atoms with Gasteiger partial charge in [0.2, 0.25) is 0 Å². The van der Waals surface area contributed by atoms with Gasteiger partial charge in [-0.05, 0) is 37.3 Å². The van der Waals surface area contributed by atoms with Gasteiger partial charge in [-0.1, -0.05) is 0 Å². The highest BCUT2D eigenvalue weighted by atomic mass is 16.3. The van der Waals surface area contributed by atoms with E-state index in [9.17, 15) is 10.2 Å². The van der Waals surface area contributed by atoms with Crippen LogP contribution in [0.4, 0.5) is 5.82 Å². The first-order valence-corrected chi connectivity index (χ1v) is 5.17. The number of aromatic nitrogens is 1. The quantitative estimate of drug-likeness (QED) is 0.685. The Hall–Kier alpha value is -1.13. The van der Waals surface area contributed by atoms with Gasteiger partial charge in [-0.15, -0.1) is 0 Å². The molecule has 2 atom stereocenters. The zero-order chi connectivity index (χ0) is 11.0. The SMILES string of the molecule is Cc1cnc(N)c(C(O)C(O)C2CC2)c1. The zero-order valence-electron chi connectivity index (χ0n) is 8.72. The zero-order valence-corrected chi connectivity index (χ0v) is 8.72. The third-order valence-electron chi connectivity index (χ3n) is 2.83. The fourth-order valence-electron chi connectivity index (χ4n) is 1.72. The van der Waals surface area contributed by atoms with Crippen LogP contribution in [0, 0.1) is 12.8 Å². The van der Waals surface area contributed by atoms with Crippen LogP contribution in [-0.2, 0) is 0 Å². The summed E-state index contributed by atoms with van der Waals surface area (Å²) in [5.41, 5.74) is 7.13. The van der Waals surface area contributed by atoms with Crippen molar-refractivity contribution in [2.45, 2.75) is 32.0 Å². The summed E-state index contributed by atoms with van der Waals surface area (Å²) in [5, 5.41) is 19.7. The lowest BCUT2D eigenvalue weighted by Crippen LogP contribution is -2.21. The highest BCUT2D eigenvalue weighted by Crippen LogP contribution is 2.38. The number of nitrogens with zero attached hydrogens (tertiary/aromatic N) is 1. The van der Waals surface area contributed by atoms with E-state index in [1.807, 2.05) is 6.92 Å². The van der Waals surface area contributed by atoms with Crippen LogP contribution < -0.4 is 5.73 Å². The monoisotopic (exact) mass is 208 g/mol. The van der Waals surface area contributed by atoms with Crippen LogP contribution in [-0.4, -0.2) is 21.3 Å². The molecule has 0 amide bonds. The van der Waals surface area contributed by atoms with Crippen LogP contribution >= 0.6 is 0 Å². The van der Waals surface area contributed by atoms with E-state index in [2.05, 4.69) is 4.98 Å². The third kappa shape index (κ3) is 2.11. The standard InChI is InChI=1S/C11H16N2O2/c1-6-4-8(11(12)13-5-6)10(15)9(14)7-2-3-7/h4-5,7,9-10,14-15H,2-3H2,1H3,(H2,12,13). The van der Waals surface area contributed by atoms with E-state index in [1.165, 1.54) is 0 Å². The molecule has 82 valence electrons. The number of anilines is 1. The number of hydrogen-bond acceptors (Lipinski definition) is 4. The Morgan fingerprint density at radius 2 is 2.13 bits per heavy atom. The van der Waals surface area contributed by atoms with Gasteiger partial charge in [0.1, 0.15) is 11.9 Å². The van der Waals surface area contributed by atoms with Crippen molar-refractivity contribution in [3.05, 3.63) is 23.4 Å². The number of rotatable bonds is 3. The van der Waals surface area contributed by atoms with Gasteiger partial charge in [-0.25, -0.2) is 4.98 Å². The van der Waals surface area contributed by atoms with Gasteiger partial charge in [0.25, 0.3) is 0 Å². The summed E-state index contributed by atoms with van der Waals surface area (Å²) in [5.74, 6) is 0.521. The molecule has 1 aliphatic rings. The van der Waals surface area contributed by atoms with Crippen LogP contribution in [0.2, 0.25) is 0 Å². The van der Waals surface area contributed by atoms with Gasteiger partial charge >= 0.3 is 0 Å². The van der Waals surface area contributed by atoms with Gasteiger partial charge in [-0.2, -0.15) is 0 Å². The summed E-state index contributed by atoms with van der Waals surface area (Å²) >= 11 is 0. The number of aryl methyl sites for hydroxylation is 1. The van der Waals surface area contributed by atoms with Crippen LogP contribution in [0.3, 0.4) is 0 Å². The lowest BCUT2D eigenvalue weighted by molar-refractivity contribution is 0.00509. The number of aliphatic hydroxyl groups is 2. The number of nitrogen functional groups attached to an aromatic ring is 1. The van der Waals surface area contributed by atoms with Gasteiger partial charge < -0.3 is 15.9 Å². The van der Waals surface area contributed by atoms with E-state index >= 15 is 0 Å². The summed E-state index contributed by atoms with van der Waals surface area (Å²) in [4.78, 5) is 3.97. The Labute approximate surface area is 88.8 Å². The Bertz CT molecular complexity index is 364. The molecular weight excluding hydrogens is 192 g/mol. The summed E-state index contributed by atoms with van der Waals surface area (Å²) in [6.45, 7) is 1.88. The van der Waals surface area contributed by atoms with Crippen molar-refractivity contribution >= 4 is 5.82 Å². The molecule has 2 rings (SSSR count). The van der Waals surface area contributed by atoms with Crippen molar-refractivity contribution in [3.63, 3.8) is 0 Å². The molecule has 0 radical (unpaired) electrons. The maximum atomic E-state index is 9.93. The lowest BCUT2D eigenvalue weighted by Gasteiger charge is -2.18. The molecule has 1 fully saturated rings. The minimum atomic E-state index is -0.912. The van der Waals surface area contributed by atoms with Crippen molar-refractivity contribution in [1.29, 1.82) is 0 Å². The second kappa shape index (κ2) is 3.79. The predicted octanol–water partition coefficient (Wildman–Crippen LogP) is 0.777. The van der Waals surface area contributed by atoms with E-state index < -0.39 is 12.2 Å². The van der Waals surface area contributed by atoms with Gasteiger partial charge in [0.15, 0.2) is 0 Å². The molecule has 1 aliphatic carbocycles. The molecule has 1 saturated carbocycles. The maximum Gasteiger partial charge on any atom is 0.129 e. The third-order valence-corrected chi connectivity index (χ3v) is 2.83. The fourth-order valence-corrected chi connectivity index (χ4v) is 1.72. The molecular formula is C11H16N2O2. The van der Waals surface area contributed by atoms with Crippen LogP contribution in [0.15, 0.2) is 12.3 Å². The molecule has 15 heavy (non-hydrogen) atoms. The highest BCUT2D eigenvalue weighted by molar-refractivity contribution is 5.42. The second-order valence-electron chi connectivity index (χ2n) is 4.26. The van der Waals surface area contributed by atoms with Crippen molar-refractivity contribution in [1.82, 2.24) is 4.98 Å². The molecule has 4 heteroatoms. The number of nitrogens with two attached hydrogens (primary N) is 1. The van der Waals surface area contributed by atoms with Crippen LogP contribution in [0.25, 0.3) is 0 Å². The van der Waals surface area contributed by atoms with Gasteiger partial charge in [0.05, 0.1) is 6.10 Å². The van der Waals surface area contributed by atoms with Gasteiger partial charge in [0, 0.05) is 11.8 Å².